The van der Waals surface area contributed by atoms with Crippen molar-refractivity contribution < 1.29 is 14.3 Å². The summed E-state index contributed by atoms with van der Waals surface area (Å²) in [5, 5.41) is 5.37. The molecule has 1 heterocycles. The second kappa shape index (κ2) is 4.77. The molecular formula is C12H20N2O3. The van der Waals surface area contributed by atoms with Crippen molar-refractivity contribution in [3.05, 3.63) is 11.3 Å². The van der Waals surface area contributed by atoms with Crippen molar-refractivity contribution in [2.75, 3.05) is 6.61 Å². The minimum atomic E-state index is -0.377. The molecule has 2 amide bonds. The SMILES string of the molecule is CCOC(=O)C1=C(C)NC(=O)NC1C(C)(C)C. The molecule has 0 aromatic rings. The molecule has 1 aliphatic rings. The second-order valence-electron chi connectivity index (χ2n) is 5.16. The topological polar surface area (TPSA) is 67.4 Å². The normalized spacial score (nSPS) is 20.8. The molecule has 1 rings (SSSR count). The Morgan fingerprint density at radius 2 is 2.00 bits per heavy atom. The summed E-state index contributed by atoms with van der Waals surface area (Å²) in [6, 6.07) is -0.620. The summed E-state index contributed by atoms with van der Waals surface area (Å²) in [4.78, 5) is 23.3. The minimum Gasteiger partial charge on any atom is -0.463 e. The fourth-order valence-electron chi connectivity index (χ4n) is 1.82. The highest BCUT2D eigenvalue weighted by Gasteiger charge is 2.38. The molecule has 0 radical (unpaired) electrons. The van der Waals surface area contributed by atoms with Gasteiger partial charge in [-0.25, -0.2) is 9.59 Å². The van der Waals surface area contributed by atoms with E-state index in [1.54, 1.807) is 13.8 Å². The van der Waals surface area contributed by atoms with Crippen molar-refractivity contribution in [1.82, 2.24) is 10.6 Å². The second-order valence-corrected chi connectivity index (χ2v) is 5.16. The fraction of sp³-hybridized carbons (Fsp3) is 0.667. The van der Waals surface area contributed by atoms with Gasteiger partial charge in [-0.2, -0.15) is 0 Å². The molecule has 5 nitrogen and oxygen atoms in total. The first-order valence-corrected chi connectivity index (χ1v) is 5.72. The van der Waals surface area contributed by atoms with E-state index in [-0.39, 0.29) is 23.5 Å². The third-order valence-electron chi connectivity index (χ3n) is 2.63. The highest BCUT2D eigenvalue weighted by Crippen LogP contribution is 2.29. The highest BCUT2D eigenvalue weighted by molar-refractivity contribution is 5.94. The van der Waals surface area contributed by atoms with Gasteiger partial charge in [-0.05, 0) is 19.3 Å². The zero-order valence-corrected chi connectivity index (χ0v) is 11.0. The molecule has 0 fully saturated rings. The first kappa shape index (κ1) is 13.5. The van der Waals surface area contributed by atoms with Gasteiger partial charge in [0.1, 0.15) is 0 Å². The predicted octanol–water partition coefficient (Wildman–Crippen LogP) is 1.55. The predicted molar refractivity (Wildman–Crippen MR) is 64.2 cm³/mol. The van der Waals surface area contributed by atoms with Gasteiger partial charge >= 0.3 is 12.0 Å². The van der Waals surface area contributed by atoms with Crippen LogP contribution in [0.5, 0.6) is 0 Å². The van der Waals surface area contributed by atoms with Gasteiger partial charge in [0, 0.05) is 5.70 Å². The molecule has 1 aliphatic heterocycles. The first-order valence-electron chi connectivity index (χ1n) is 5.72. The van der Waals surface area contributed by atoms with Crippen molar-refractivity contribution in [3.8, 4) is 0 Å². The largest absolute Gasteiger partial charge is 0.463 e. The summed E-state index contributed by atoms with van der Waals surface area (Å²) in [5.41, 5.74) is 0.812. The first-order chi connectivity index (χ1) is 7.77. The molecule has 0 saturated carbocycles. The van der Waals surface area contributed by atoms with Crippen molar-refractivity contribution in [2.24, 2.45) is 5.41 Å². The van der Waals surface area contributed by atoms with E-state index in [1.807, 2.05) is 20.8 Å². The molecule has 0 saturated heterocycles. The Morgan fingerprint density at radius 1 is 1.41 bits per heavy atom. The molecule has 17 heavy (non-hydrogen) atoms. The summed E-state index contributed by atoms with van der Waals surface area (Å²) in [5.74, 6) is -0.377. The van der Waals surface area contributed by atoms with Crippen LogP contribution in [0.4, 0.5) is 4.79 Å². The number of esters is 1. The van der Waals surface area contributed by atoms with Crippen LogP contribution in [0.3, 0.4) is 0 Å². The lowest BCUT2D eigenvalue weighted by molar-refractivity contribution is -0.139. The number of amides is 2. The lowest BCUT2D eigenvalue weighted by Crippen LogP contribution is -2.55. The van der Waals surface area contributed by atoms with E-state index in [1.165, 1.54) is 0 Å². The van der Waals surface area contributed by atoms with Crippen LogP contribution in [0.25, 0.3) is 0 Å². The van der Waals surface area contributed by atoms with E-state index in [9.17, 15) is 9.59 Å². The van der Waals surface area contributed by atoms with E-state index >= 15 is 0 Å². The lowest BCUT2D eigenvalue weighted by atomic mass is 9.80. The average Bonchev–Trinajstić information content (AvgIpc) is 2.15. The third kappa shape index (κ3) is 2.99. The Kier molecular flexibility index (Phi) is 3.80. The van der Waals surface area contributed by atoms with E-state index in [0.29, 0.717) is 17.9 Å². The van der Waals surface area contributed by atoms with Gasteiger partial charge in [0.15, 0.2) is 0 Å². The highest BCUT2D eigenvalue weighted by atomic mass is 16.5. The Morgan fingerprint density at radius 3 is 2.47 bits per heavy atom. The summed E-state index contributed by atoms with van der Waals surface area (Å²) in [7, 11) is 0. The Labute approximate surface area is 102 Å². The van der Waals surface area contributed by atoms with Crippen molar-refractivity contribution in [3.63, 3.8) is 0 Å². The summed E-state index contributed by atoms with van der Waals surface area (Å²) in [6.07, 6.45) is 0. The molecular weight excluding hydrogens is 220 g/mol. The molecule has 0 aliphatic carbocycles. The van der Waals surface area contributed by atoms with Crippen LogP contribution < -0.4 is 10.6 Å². The maximum atomic E-state index is 11.9. The van der Waals surface area contributed by atoms with E-state index in [2.05, 4.69) is 10.6 Å². The van der Waals surface area contributed by atoms with Crippen molar-refractivity contribution >= 4 is 12.0 Å². The third-order valence-corrected chi connectivity index (χ3v) is 2.63. The van der Waals surface area contributed by atoms with E-state index < -0.39 is 0 Å². The maximum Gasteiger partial charge on any atom is 0.337 e. The van der Waals surface area contributed by atoms with Gasteiger partial charge in [-0.3, -0.25) is 0 Å². The van der Waals surface area contributed by atoms with Crippen molar-refractivity contribution in [1.29, 1.82) is 0 Å². The van der Waals surface area contributed by atoms with Gasteiger partial charge < -0.3 is 15.4 Å². The monoisotopic (exact) mass is 240 g/mol. The number of nitrogens with one attached hydrogen (secondary N) is 2. The van der Waals surface area contributed by atoms with Crippen LogP contribution in [0.15, 0.2) is 11.3 Å². The van der Waals surface area contributed by atoms with Crippen LogP contribution in [0, 0.1) is 5.41 Å². The summed E-state index contributed by atoms with van der Waals surface area (Å²) in [6.45, 7) is 9.69. The minimum absolute atomic E-state index is 0.249. The number of ether oxygens (including phenoxy) is 1. The Hall–Kier alpha value is -1.52. The van der Waals surface area contributed by atoms with Gasteiger partial charge in [-0.15, -0.1) is 0 Å². The Bertz CT molecular complexity index is 366. The average molecular weight is 240 g/mol. The summed E-state index contributed by atoms with van der Waals surface area (Å²) >= 11 is 0. The molecule has 2 N–H and O–H groups in total. The van der Waals surface area contributed by atoms with Gasteiger partial charge in [-0.1, -0.05) is 20.8 Å². The van der Waals surface area contributed by atoms with Crippen LogP contribution >= 0.6 is 0 Å². The molecule has 0 bridgehead atoms. The van der Waals surface area contributed by atoms with Gasteiger partial charge in [0.2, 0.25) is 0 Å². The molecule has 96 valence electrons. The number of rotatable bonds is 2. The zero-order chi connectivity index (χ0) is 13.2. The molecule has 0 aromatic carbocycles. The molecule has 5 heteroatoms. The quantitative estimate of drug-likeness (QED) is 0.720. The van der Waals surface area contributed by atoms with E-state index in [4.69, 9.17) is 4.74 Å². The Balaban J connectivity index is 3.13. The molecule has 0 aromatic heterocycles. The van der Waals surface area contributed by atoms with Gasteiger partial charge in [0.25, 0.3) is 0 Å². The number of allylic oxidation sites excluding steroid dienone is 1. The fourth-order valence-corrected chi connectivity index (χ4v) is 1.82. The lowest BCUT2D eigenvalue weighted by Gasteiger charge is -2.36. The summed E-state index contributed by atoms with van der Waals surface area (Å²) < 4.78 is 5.02. The number of carbonyl (C=O) groups excluding carboxylic acids is 2. The van der Waals surface area contributed by atoms with Crippen LogP contribution in [0.2, 0.25) is 0 Å². The van der Waals surface area contributed by atoms with Crippen LogP contribution in [-0.4, -0.2) is 24.6 Å². The smallest absolute Gasteiger partial charge is 0.337 e. The number of urea groups is 1. The number of carbonyl (C=O) groups is 2. The maximum absolute atomic E-state index is 11.9. The molecule has 0 spiro atoms. The number of hydrogen-bond acceptors (Lipinski definition) is 3. The molecule has 1 unspecified atom stereocenters. The van der Waals surface area contributed by atoms with E-state index in [0.717, 1.165) is 0 Å². The van der Waals surface area contributed by atoms with Crippen LogP contribution in [0.1, 0.15) is 34.6 Å². The van der Waals surface area contributed by atoms with Crippen molar-refractivity contribution in [2.45, 2.75) is 40.7 Å². The standard InChI is InChI=1S/C12H20N2O3/c1-6-17-10(15)8-7(2)13-11(16)14-9(8)12(3,4)5/h9H,6H2,1-5H3,(H2,13,14,16). The van der Waals surface area contributed by atoms with Crippen LogP contribution in [-0.2, 0) is 9.53 Å². The number of hydrogen-bond donors (Lipinski definition) is 2. The molecule has 1 atom stereocenters. The van der Waals surface area contributed by atoms with Gasteiger partial charge in [0.05, 0.1) is 18.2 Å². The zero-order valence-electron chi connectivity index (χ0n) is 11.0.